The number of rotatable bonds is 3. The normalized spacial score (nSPS) is 19.9. The van der Waals surface area contributed by atoms with E-state index >= 15 is 0 Å². The summed E-state index contributed by atoms with van der Waals surface area (Å²) >= 11 is 0. The van der Waals surface area contributed by atoms with Crippen LogP contribution in [0.2, 0.25) is 0 Å². The number of hydrogen-bond donors (Lipinski definition) is 1. The summed E-state index contributed by atoms with van der Waals surface area (Å²) in [5, 5.41) is 7.01. The molecule has 5 rings (SSSR count). The third kappa shape index (κ3) is 4.19. The summed E-state index contributed by atoms with van der Waals surface area (Å²) in [6, 6.07) is 8.30. The lowest BCUT2D eigenvalue weighted by molar-refractivity contribution is -0.118. The minimum atomic E-state index is -3.68. The SMILES string of the molecule is Cn1ncnc1-c1ccc2c(c1)NC(=O)CN1CCN(S(=O)(=O)c3cccnc3)C[C@@H]1CO2. The lowest BCUT2D eigenvalue weighted by Crippen LogP contribution is -2.57. The van der Waals surface area contributed by atoms with Crippen LogP contribution in [0.3, 0.4) is 0 Å². The topological polar surface area (TPSA) is 123 Å². The number of pyridine rings is 1. The zero-order valence-corrected chi connectivity index (χ0v) is 18.8. The zero-order chi connectivity index (χ0) is 23.0. The number of carbonyl (C=O) groups excluding carboxylic acids is 1. The molecule has 2 aliphatic rings. The first-order chi connectivity index (χ1) is 15.9. The maximum absolute atomic E-state index is 13.1. The zero-order valence-electron chi connectivity index (χ0n) is 18.0. The fraction of sp³-hybridized carbons (Fsp3) is 0.333. The van der Waals surface area contributed by atoms with Gasteiger partial charge < -0.3 is 10.1 Å². The van der Waals surface area contributed by atoms with Crippen LogP contribution in [0.5, 0.6) is 5.75 Å². The molecule has 0 saturated carbocycles. The molecule has 0 radical (unpaired) electrons. The van der Waals surface area contributed by atoms with Gasteiger partial charge in [-0.15, -0.1) is 0 Å². The van der Waals surface area contributed by atoms with Crippen molar-refractivity contribution in [2.24, 2.45) is 7.05 Å². The molecule has 0 spiro atoms. The summed E-state index contributed by atoms with van der Waals surface area (Å²) in [5.74, 6) is 0.995. The number of amides is 1. The third-order valence-electron chi connectivity index (χ3n) is 5.84. The largest absolute Gasteiger partial charge is 0.490 e. The number of fused-ring (bicyclic) bond motifs is 2. The number of nitrogens with zero attached hydrogens (tertiary/aromatic N) is 6. The number of sulfonamides is 1. The van der Waals surface area contributed by atoms with Crippen LogP contribution in [-0.4, -0.2) is 82.1 Å². The van der Waals surface area contributed by atoms with Crippen LogP contribution >= 0.6 is 0 Å². The van der Waals surface area contributed by atoms with Gasteiger partial charge in [-0.25, -0.2) is 18.1 Å². The van der Waals surface area contributed by atoms with Crippen LogP contribution in [0.1, 0.15) is 0 Å². The number of aryl methyl sites for hydroxylation is 1. The van der Waals surface area contributed by atoms with Crippen molar-refractivity contribution in [2.75, 3.05) is 38.1 Å². The molecule has 1 aromatic carbocycles. The van der Waals surface area contributed by atoms with E-state index in [0.29, 0.717) is 23.8 Å². The minimum Gasteiger partial charge on any atom is -0.490 e. The predicted octanol–water partition coefficient (Wildman–Crippen LogP) is 0.583. The van der Waals surface area contributed by atoms with Crippen molar-refractivity contribution in [3.05, 3.63) is 49.1 Å². The average molecular weight is 470 g/mol. The standard InChI is InChI=1S/C21H23N7O4S/c1-26-21(23-14-24-26)15-4-5-19-18(9-15)25-20(29)12-27-7-8-28(11-16(27)13-32-19)33(30,31)17-3-2-6-22-10-17/h2-6,9-10,14,16H,7-8,11-13H2,1H3,(H,25,29)/t16-/m1/s1. The quantitative estimate of drug-likeness (QED) is 0.591. The average Bonchev–Trinajstić information content (AvgIpc) is 3.26. The van der Waals surface area contributed by atoms with E-state index in [1.54, 1.807) is 29.9 Å². The summed E-state index contributed by atoms with van der Waals surface area (Å²) < 4.78 is 35.3. The molecule has 11 nitrogen and oxygen atoms in total. The maximum Gasteiger partial charge on any atom is 0.244 e. The number of ether oxygens (including phenoxy) is 1. The highest BCUT2D eigenvalue weighted by Crippen LogP contribution is 2.31. The highest BCUT2D eigenvalue weighted by atomic mass is 32.2. The van der Waals surface area contributed by atoms with E-state index < -0.39 is 10.0 Å². The Bertz CT molecular complexity index is 1280. The van der Waals surface area contributed by atoms with Crippen molar-refractivity contribution in [3.63, 3.8) is 0 Å². The molecule has 1 atom stereocenters. The van der Waals surface area contributed by atoms with E-state index in [1.165, 1.54) is 29.1 Å². The van der Waals surface area contributed by atoms with Crippen LogP contribution in [-0.2, 0) is 21.9 Å². The molecule has 2 aliphatic heterocycles. The van der Waals surface area contributed by atoms with Gasteiger partial charge in [-0.05, 0) is 30.3 Å². The highest BCUT2D eigenvalue weighted by molar-refractivity contribution is 7.89. The number of benzene rings is 1. The molecule has 4 heterocycles. The Morgan fingerprint density at radius 1 is 1.21 bits per heavy atom. The van der Waals surface area contributed by atoms with Gasteiger partial charge in [0.05, 0.1) is 18.3 Å². The Morgan fingerprint density at radius 3 is 2.85 bits per heavy atom. The van der Waals surface area contributed by atoms with Crippen molar-refractivity contribution in [1.29, 1.82) is 0 Å². The monoisotopic (exact) mass is 469 g/mol. The Balaban J connectivity index is 1.39. The Kier molecular flexibility index (Phi) is 5.56. The van der Waals surface area contributed by atoms with Gasteiger partial charge in [0.1, 0.15) is 23.6 Å². The molecule has 1 amide bonds. The summed E-state index contributed by atoms with van der Waals surface area (Å²) in [4.78, 5) is 23.1. The van der Waals surface area contributed by atoms with Crippen molar-refractivity contribution in [1.82, 2.24) is 29.0 Å². The molecule has 2 aromatic heterocycles. The predicted molar refractivity (Wildman–Crippen MR) is 119 cm³/mol. The van der Waals surface area contributed by atoms with E-state index in [9.17, 15) is 13.2 Å². The second-order valence-corrected chi connectivity index (χ2v) is 9.89. The minimum absolute atomic E-state index is 0.141. The van der Waals surface area contributed by atoms with Crippen LogP contribution in [0.4, 0.5) is 5.69 Å². The molecule has 172 valence electrons. The number of hydrogen-bond acceptors (Lipinski definition) is 8. The van der Waals surface area contributed by atoms with Crippen LogP contribution in [0.15, 0.2) is 53.9 Å². The van der Waals surface area contributed by atoms with Crippen molar-refractivity contribution < 1.29 is 17.9 Å². The smallest absolute Gasteiger partial charge is 0.244 e. The van der Waals surface area contributed by atoms with E-state index in [4.69, 9.17) is 4.74 Å². The molecule has 1 saturated heterocycles. The van der Waals surface area contributed by atoms with Gasteiger partial charge in [0, 0.05) is 44.6 Å². The number of anilines is 1. The van der Waals surface area contributed by atoms with Crippen LogP contribution < -0.4 is 10.1 Å². The fourth-order valence-electron chi connectivity index (χ4n) is 4.11. The van der Waals surface area contributed by atoms with Gasteiger partial charge in [0.25, 0.3) is 0 Å². The van der Waals surface area contributed by atoms with E-state index in [-0.39, 0.29) is 43.1 Å². The second kappa shape index (κ2) is 8.54. The molecule has 3 aromatic rings. The maximum atomic E-state index is 13.1. The Morgan fingerprint density at radius 2 is 2.09 bits per heavy atom. The van der Waals surface area contributed by atoms with Gasteiger partial charge >= 0.3 is 0 Å². The van der Waals surface area contributed by atoms with Crippen LogP contribution in [0.25, 0.3) is 11.4 Å². The first-order valence-electron chi connectivity index (χ1n) is 10.5. The third-order valence-corrected chi connectivity index (χ3v) is 7.69. The van der Waals surface area contributed by atoms with E-state index in [2.05, 4.69) is 20.4 Å². The lowest BCUT2D eigenvalue weighted by Gasteiger charge is -2.39. The summed E-state index contributed by atoms with van der Waals surface area (Å²) in [7, 11) is -1.88. The molecule has 12 heteroatoms. The van der Waals surface area contributed by atoms with Crippen LogP contribution in [0, 0.1) is 0 Å². The Labute approximate surface area is 191 Å². The number of piperazine rings is 1. The second-order valence-electron chi connectivity index (χ2n) is 7.95. The Hall–Kier alpha value is -3.35. The molecular weight excluding hydrogens is 446 g/mol. The van der Waals surface area contributed by atoms with Gasteiger partial charge in [0.15, 0.2) is 5.82 Å². The summed E-state index contributed by atoms with van der Waals surface area (Å²) in [6.45, 7) is 1.30. The number of aromatic nitrogens is 4. The lowest BCUT2D eigenvalue weighted by atomic mass is 10.1. The fourth-order valence-corrected chi connectivity index (χ4v) is 5.54. The van der Waals surface area contributed by atoms with Gasteiger partial charge in [-0.1, -0.05) is 0 Å². The summed E-state index contributed by atoms with van der Waals surface area (Å²) in [5.41, 5.74) is 1.34. The van der Waals surface area contributed by atoms with E-state index in [0.717, 1.165) is 5.56 Å². The molecule has 33 heavy (non-hydrogen) atoms. The van der Waals surface area contributed by atoms with Crippen molar-refractivity contribution >= 4 is 21.6 Å². The number of nitrogens with one attached hydrogen (secondary N) is 1. The van der Waals surface area contributed by atoms with Crippen molar-refractivity contribution in [2.45, 2.75) is 10.9 Å². The molecule has 1 N–H and O–H groups in total. The number of carbonyl (C=O) groups is 1. The van der Waals surface area contributed by atoms with E-state index in [1.807, 2.05) is 11.0 Å². The first kappa shape index (κ1) is 21.5. The van der Waals surface area contributed by atoms with Crippen molar-refractivity contribution in [3.8, 4) is 17.1 Å². The molecule has 1 fully saturated rings. The van der Waals surface area contributed by atoms with Gasteiger partial charge in [-0.2, -0.15) is 9.40 Å². The summed E-state index contributed by atoms with van der Waals surface area (Å²) in [6.07, 6.45) is 4.35. The van der Waals surface area contributed by atoms with Gasteiger partial charge in [0.2, 0.25) is 15.9 Å². The molecule has 0 aliphatic carbocycles. The molecule has 0 unspecified atom stereocenters. The molecular formula is C21H23N7O4S. The van der Waals surface area contributed by atoms with Gasteiger partial charge in [-0.3, -0.25) is 14.7 Å². The first-order valence-corrected chi connectivity index (χ1v) is 11.9. The highest BCUT2D eigenvalue weighted by Gasteiger charge is 2.36. The molecule has 0 bridgehead atoms.